The fourth-order valence-electron chi connectivity index (χ4n) is 2.46. The number of aryl methyl sites for hydroxylation is 1. The van der Waals surface area contributed by atoms with E-state index in [2.05, 4.69) is 5.32 Å². The smallest absolute Gasteiger partial charge is 0.336 e. The fraction of sp³-hybridized carbons (Fsp3) is 0.158. The molecular formula is C19H15Cl2NO4. The Morgan fingerprint density at radius 2 is 1.96 bits per heavy atom. The molecule has 1 N–H and O–H groups in total. The van der Waals surface area contributed by atoms with Crippen LogP contribution in [0.3, 0.4) is 0 Å². The minimum atomic E-state index is -0.833. The van der Waals surface area contributed by atoms with Gasteiger partial charge < -0.3 is 14.5 Å². The topological polar surface area (TPSA) is 68.5 Å². The van der Waals surface area contributed by atoms with Crippen molar-refractivity contribution in [2.45, 2.75) is 20.0 Å². The summed E-state index contributed by atoms with van der Waals surface area (Å²) in [5, 5.41) is 4.25. The number of rotatable bonds is 4. The Labute approximate surface area is 159 Å². The first-order valence-electron chi connectivity index (χ1n) is 7.80. The van der Waals surface area contributed by atoms with E-state index in [1.165, 1.54) is 12.1 Å². The molecule has 0 bridgehead atoms. The Kier molecular flexibility index (Phi) is 5.20. The van der Waals surface area contributed by atoms with E-state index in [1.54, 1.807) is 44.2 Å². The molecule has 26 heavy (non-hydrogen) atoms. The normalized spacial score (nSPS) is 12.0. The third-order valence-corrected chi connectivity index (χ3v) is 4.30. The average Bonchev–Trinajstić information content (AvgIpc) is 2.56. The molecule has 1 amide bonds. The van der Waals surface area contributed by atoms with Crippen molar-refractivity contribution in [3.05, 3.63) is 68.5 Å². The van der Waals surface area contributed by atoms with Gasteiger partial charge in [0.1, 0.15) is 11.3 Å². The Balaban J connectivity index is 1.82. The molecule has 0 aliphatic carbocycles. The van der Waals surface area contributed by atoms with Gasteiger partial charge in [0.25, 0.3) is 5.91 Å². The molecule has 0 spiro atoms. The lowest BCUT2D eigenvalue weighted by Gasteiger charge is -2.16. The molecule has 0 aliphatic heterocycles. The minimum Gasteiger partial charge on any atom is -0.479 e. The van der Waals surface area contributed by atoms with Crippen molar-refractivity contribution in [2.75, 3.05) is 5.32 Å². The van der Waals surface area contributed by atoms with E-state index < -0.39 is 11.7 Å². The third kappa shape index (κ3) is 4.00. The molecule has 3 rings (SSSR count). The van der Waals surface area contributed by atoms with E-state index in [9.17, 15) is 9.59 Å². The van der Waals surface area contributed by atoms with E-state index in [4.69, 9.17) is 32.4 Å². The summed E-state index contributed by atoms with van der Waals surface area (Å²) >= 11 is 12.2. The number of benzene rings is 2. The molecule has 2 aromatic carbocycles. The quantitative estimate of drug-likeness (QED) is 0.647. The van der Waals surface area contributed by atoms with Crippen molar-refractivity contribution in [1.82, 2.24) is 0 Å². The van der Waals surface area contributed by atoms with Crippen molar-refractivity contribution in [3.8, 4) is 5.75 Å². The van der Waals surface area contributed by atoms with E-state index in [1.807, 2.05) is 0 Å². The van der Waals surface area contributed by atoms with Crippen LogP contribution in [0.4, 0.5) is 5.69 Å². The monoisotopic (exact) mass is 391 g/mol. The predicted molar refractivity (Wildman–Crippen MR) is 102 cm³/mol. The number of hydrogen-bond donors (Lipinski definition) is 1. The first-order valence-corrected chi connectivity index (χ1v) is 8.56. The van der Waals surface area contributed by atoms with Crippen molar-refractivity contribution < 1.29 is 13.9 Å². The van der Waals surface area contributed by atoms with Crippen LogP contribution in [0.25, 0.3) is 11.0 Å². The number of halogens is 2. The van der Waals surface area contributed by atoms with E-state index in [0.29, 0.717) is 26.7 Å². The lowest BCUT2D eigenvalue weighted by molar-refractivity contribution is -0.122. The molecule has 0 saturated carbocycles. The van der Waals surface area contributed by atoms with Gasteiger partial charge in [-0.1, -0.05) is 29.3 Å². The molecule has 0 aliphatic rings. The summed E-state index contributed by atoms with van der Waals surface area (Å²) in [6.45, 7) is 3.38. The second kappa shape index (κ2) is 7.40. The summed E-state index contributed by atoms with van der Waals surface area (Å²) in [7, 11) is 0. The zero-order valence-electron chi connectivity index (χ0n) is 14.0. The first-order chi connectivity index (χ1) is 12.3. The van der Waals surface area contributed by atoms with Gasteiger partial charge >= 0.3 is 5.63 Å². The summed E-state index contributed by atoms with van der Waals surface area (Å²) in [5.41, 5.74) is 1.19. The van der Waals surface area contributed by atoms with Crippen LogP contribution in [0.1, 0.15) is 12.5 Å². The molecule has 0 saturated heterocycles. The second-order valence-corrected chi connectivity index (χ2v) is 6.63. The van der Waals surface area contributed by atoms with Gasteiger partial charge in [-0.3, -0.25) is 4.79 Å². The summed E-state index contributed by atoms with van der Waals surface area (Å²) in [4.78, 5) is 23.9. The highest BCUT2D eigenvalue weighted by Gasteiger charge is 2.18. The number of hydrogen-bond acceptors (Lipinski definition) is 4. The van der Waals surface area contributed by atoms with Gasteiger partial charge in [-0.05, 0) is 43.7 Å². The molecule has 1 unspecified atom stereocenters. The Hall–Kier alpha value is -2.50. The van der Waals surface area contributed by atoms with Crippen LogP contribution < -0.4 is 15.7 Å². The van der Waals surface area contributed by atoms with Crippen molar-refractivity contribution >= 4 is 45.8 Å². The molecule has 0 radical (unpaired) electrons. The van der Waals surface area contributed by atoms with Gasteiger partial charge in [0.15, 0.2) is 6.10 Å². The highest BCUT2D eigenvalue weighted by atomic mass is 35.5. The van der Waals surface area contributed by atoms with Crippen molar-refractivity contribution in [3.63, 3.8) is 0 Å². The first kappa shape index (κ1) is 18.3. The molecule has 5 nitrogen and oxygen atoms in total. The van der Waals surface area contributed by atoms with Gasteiger partial charge in [0, 0.05) is 28.2 Å². The third-order valence-electron chi connectivity index (χ3n) is 3.77. The van der Waals surface area contributed by atoms with Gasteiger partial charge in [0.2, 0.25) is 0 Å². The van der Waals surface area contributed by atoms with Crippen LogP contribution in [0.5, 0.6) is 5.75 Å². The highest BCUT2D eigenvalue weighted by Crippen LogP contribution is 2.31. The zero-order valence-corrected chi connectivity index (χ0v) is 15.5. The maximum absolute atomic E-state index is 12.3. The molecule has 1 atom stereocenters. The maximum Gasteiger partial charge on any atom is 0.336 e. The molecule has 1 heterocycles. The van der Waals surface area contributed by atoms with Crippen LogP contribution in [-0.4, -0.2) is 12.0 Å². The number of anilines is 1. The summed E-state index contributed by atoms with van der Waals surface area (Å²) < 4.78 is 10.8. The summed E-state index contributed by atoms with van der Waals surface area (Å²) in [6.07, 6.45) is -0.833. The molecule has 134 valence electrons. The number of fused-ring (bicyclic) bond motifs is 1. The predicted octanol–water partition coefficient (Wildman–Crippen LogP) is 4.81. The van der Waals surface area contributed by atoms with Crippen molar-refractivity contribution in [1.29, 1.82) is 0 Å². The number of nitrogens with one attached hydrogen (secondary N) is 1. The molecule has 7 heteroatoms. The van der Waals surface area contributed by atoms with Crippen LogP contribution >= 0.6 is 23.2 Å². The van der Waals surface area contributed by atoms with Crippen LogP contribution in [-0.2, 0) is 4.79 Å². The minimum absolute atomic E-state index is 0.252. The molecule has 1 aromatic heterocycles. The standard InChI is InChI=1S/C19H15Cl2NO4/c1-10-6-18(23)26-16-9-17(15(21)8-14(10)16)25-11(2)19(24)22-13-5-3-4-12(20)7-13/h3-9,11H,1-2H3,(H,22,24). The Morgan fingerprint density at radius 1 is 1.19 bits per heavy atom. The lowest BCUT2D eigenvalue weighted by Crippen LogP contribution is -2.30. The maximum atomic E-state index is 12.3. The number of ether oxygens (including phenoxy) is 1. The number of carbonyl (C=O) groups is 1. The largest absolute Gasteiger partial charge is 0.479 e. The van der Waals surface area contributed by atoms with Crippen LogP contribution in [0.15, 0.2) is 51.7 Å². The van der Waals surface area contributed by atoms with E-state index in [-0.39, 0.29) is 11.7 Å². The van der Waals surface area contributed by atoms with Crippen LogP contribution in [0, 0.1) is 6.92 Å². The van der Waals surface area contributed by atoms with Crippen molar-refractivity contribution in [2.24, 2.45) is 0 Å². The lowest BCUT2D eigenvalue weighted by atomic mass is 10.1. The SMILES string of the molecule is Cc1cc(=O)oc2cc(OC(C)C(=O)Nc3cccc(Cl)c3)c(Cl)cc12. The summed E-state index contributed by atoms with van der Waals surface area (Å²) in [5.74, 6) is -0.115. The average molecular weight is 392 g/mol. The zero-order chi connectivity index (χ0) is 18.8. The van der Waals surface area contributed by atoms with Gasteiger partial charge in [-0.2, -0.15) is 0 Å². The van der Waals surface area contributed by atoms with Crippen LogP contribution in [0.2, 0.25) is 10.0 Å². The number of amides is 1. The Morgan fingerprint density at radius 3 is 2.69 bits per heavy atom. The van der Waals surface area contributed by atoms with Gasteiger partial charge in [-0.15, -0.1) is 0 Å². The highest BCUT2D eigenvalue weighted by molar-refractivity contribution is 6.33. The van der Waals surface area contributed by atoms with Gasteiger partial charge in [-0.25, -0.2) is 4.79 Å². The number of carbonyl (C=O) groups excluding carboxylic acids is 1. The molecular weight excluding hydrogens is 377 g/mol. The van der Waals surface area contributed by atoms with E-state index in [0.717, 1.165) is 5.56 Å². The second-order valence-electron chi connectivity index (χ2n) is 5.79. The Bertz CT molecular complexity index is 1050. The summed E-state index contributed by atoms with van der Waals surface area (Å²) in [6, 6.07) is 11.3. The molecule has 3 aromatic rings. The van der Waals surface area contributed by atoms with E-state index >= 15 is 0 Å². The van der Waals surface area contributed by atoms with Gasteiger partial charge in [0.05, 0.1) is 5.02 Å². The fourth-order valence-corrected chi connectivity index (χ4v) is 2.86. The molecule has 0 fully saturated rings.